The molecule has 0 radical (unpaired) electrons. The highest BCUT2D eigenvalue weighted by Crippen LogP contribution is 2.38. The molecule has 31 heavy (non-hydrogen) atoms. The number of nitrogens with one attached hydrogen (secondary N) is 1. The van der Waals surface area contributed by atoms with Crippen LogP contribution in [0.5, 0.6) is 0 Å². The molecule has 168 valence electrons. The van der Waals surface area contributed by atoms with Crippen molar-refractivity contribution in [3.63, 3.8) is 0 Å². The van der Waals surface area contributed by atoms with Crippen molar-refractivity contribution in [2.24, 2.45) is 11.3 Å². The fraction of sp³-hybridized carbons (Fsp3) is 0.636. The topological polar surface area (TPSA) is 108 Å². The maximum atomic E-state index is 12.9. The van der Waals surface area contributed by atoms with Crippen LogP contribution >= 0.6 is 0 Å². The van der Waals surface area contributed by atoms with Crippen molar-refractivity contribution in [3.8, 4) is 0 Å². The molecule has 0 bridgehead atoms. The first kappa shape index (κ1) is 21.5. The van der Waals surface area contributed by atoms with E-state index in [1.165, 1.54) is 6.20 Å². The van der Waals surface area contributed by atoms with Crippen molar-refractivity contribution < 1.29 is 23.5 Å². The van der Waals surface area contributed by atoms with Crippen LogP contribution in [0, 0.1) is 18.3 Å². The molecule has 2 aliphatic heterocycles. The Morgan fingerprint density at radius 2 is 2.16 bits per heavy atom. The van der Waals surface area contributed by atoms with E-state index < -0.39 is 5.97 Å². The molecule has 0 unspecified atom stereocenters. The highest BCUT2D eigenvalue weighted by Gasteiger charge is 2.39. The van der Waals surface area contributed by atoms with Gasteiger partial charge in [0, 0.05) is 38.8 Å². The average Bonchev–Trinajstić information content (AvgIpc) is 3.31. The summed E-state index contributed by atoms with van der Waals surface area (Å²) in [6, 6.07) is 0. The predicted molar refractivity (Wildman–Crippen MR) is 111 cm³/mol. The second-order valence-electron chi connectivity index (χ2n) is 8.71. The summed E-state index contributed by atoms with van der Waals surface area (Å²) in [5, 5.41) is 7.89. The van der Waals surface area contributed by atoms with Crippen LogP contribution in [0.15, 0.2) is 10.6 Å². The van der Waals surface area contributed by atoms with Crippen molar-refractivity contribution in [2.45, 2.75) is 53.0 Å². The molecular weight excluding hydrogens is 400 g/mol. The molecule has 1 amide bonds. The second kappa shape index (κ2) is 8.82. The molecule has 2 aliphatic rings. The minimum Gasteiger partial charge on any atom is -0.459 e. The van der Waals surface area contributed by atoms with Crippen LogP contribution in [0.3, 0.4) is 0 Å². The summed E-state index contributed by atoms with van der Waals surface area (Å²) in [6.45, 7) is 8.64. The molecule has 0 saturated carbocycles. The Morgan fingerprint density at radius 3 is 2.84 bits per heavy atom. The number of hydrogen-bond acceptors (Lipinski definition) is 7. The fourth-order valence-electron chi connectivity index (χ4n) is 4.46. The molecule has 1 saturated heterocycles. The van der Waals surface area contributed by atoms with Crippen LogP contribution in [-0.2, 0) is 28.9 Å². The van der Waals surface area contributed by atoms with Gasteiger partial charge in [0.15, 0.2) is 5.89 Å². The van der Waals surface area contributed by atoms with Gasteiger partial charge in [-0.1, -0.05) is 6.92 Å². The highest BCUT2D eigenvalue weighted by molar-refractivity contribution is 5.94. The standard InChI is InChI=1S/C22H30N4O5/c1-4-26-19-16(10-22(13-24-20(19)27)5-7-29-8-6-22)17(25-26)9-14(2)12-30-21(28)18-11-23-15(3)31-18/h11,14H,4-10,12-13H2,1-3H3,(H,24,27)/t14-/m1/s1. The first-order valence-electron chi connectivity index (χ1n) is 10.9. The van der Waals surface area contributed by atoms with Crippen LogP contribution in [0.25, 0.3) is 0 Å². The number of carbonyl (C=O) groups excluding carboxylic acids is 2. The molecule has 1 spiro atoms. The zero-order valence-electron chi connectivity index (χ0n) is 18.4. The maximum absolute atomic E-state index is 12.9. The first-order chi connectivity index (χ1) is 14.9. The van der Waals surface area contributed by atoms with Crippen molar-refractivity contribution in [1.82, 2.24) is 20.1 Å². The van der Waals surface area contributed by atoms with E-state index in [1.807, 2.05) is 13.8 Å². The van der Waals surface area contributed by atoms with Crippen molar-refractivity contribution >= 4 is 11.9 Å². The van der Waals surface area contributed by atoms with Crippen LogP contribution in [0.1, 0.15) is 64.9 Å². The number of amides is 1. The van der Waals surface area contributed by atoms with Gasteiger partial charge >= 0.3 is 5.97 Å². The van der Waals surface area contributed by atoms with Gasteiger partial charge in [-0.25, -0.2) is 9.78 Å². The van der Waals surface area contributed by atoms with E-state index in [4.69, 9.17) is 19.0 Å². The number of aryl methyl sites for hydroxylation is 2. The minimum atomic E-state index is -0.522. The number of esters is 1. The van der Waals surface area contributed by atoms with Gasteiger partial charge in [-0.2, -0.15) is 5.10 Å². The maximum Gasteiger partial charge on any atom is 0.375 e. The number of nitrogens with zero attached hydrogens (tertiary/aromatic N) is 3. The predicted octanol–water partition coefficient (Wildman–Crippen LogP) is 2.32. The third-order valence-electron chi connectivity index (χ3n) is 6.24. The Hall–Kier alpha value is -2.68. The fourth-order valence-corrected chi connectivity index (χ4v) is 4.46. The van der Waals surface area contributed by atoms with Crippen LogP contribution in [-0.4, -0.2) is 53.0 Å². The van der Waals surface area contributed by atoms with Crippen molar-refractivity contribution in [3.05, 3.63) is 34.8 Å². The van der Waals surface area contributed by atoms with Gasteiger partial charge in [-0.05, 0) is 43.9 Å². The monoisotopic (exact) mass is 430 g/mol. The van der Waals surface area contributed by atoms with Crippen LogP contribution < -0.4 is 5.32 Å². The molecule has 2 aromatic heterocycles. The van der Waals surface area contributed by atoms with E-state index in [2.05, 4.69) is 10.3 Å². The largest absolute Gasteiger partial charge is 0.459 e. The minimum absolute atomic E-state index is 0.00929. The van der Waals surface area contributed by atoms with Gasteiger partial charge in [-0.3, -0.25) is 9.48 Å². The van der Waals surface area contributed by atoms with Crippen LogP contribution in [0.2, 0.25) is 0 Å². The SMILES string of the molecule is CCn1nc(C[C@@H](C)COC(=O)c2cnc(C)o2)c2c1C(=O)NCC1(CCOCC1)C2. The van der Waals surface area contributed by atoms with Gasteiger partial charge < -0.3 is 19.2 Å². The summed E-state index contributed by atoms with van der Waals surface area (Å²) in [4.78, 5) is 29.0. The molecule has 1 fully saturated rings. The van der Waals surface area contributed by atoms with Gasteiger partial charge in [0.2, 0.25) is 5.76 Å². The first-order valence-corrected chi connectivity index (χ1v) is 10.9. The summed E-state index contributed by atoms with van der Waals surface area (Å²) < 4.78 is 18.0. The van der Waals surface area contributed by atoms with Gasteiger partial charge in [0.1, 0.15) is 5.69 Å². The summed E-state index contributed by atoms with van der Waals surface area (Å²) in [5.74, 6) is -0.0149. The molecule has 9 heteroatoms. The van der Waals surface area contributed by atoms with Gasteiger partial charge in [-0.15, -0.1) is 0 Å². The normalized spacial score (nSPS) is 18.9. The second-order valence-corrected chi connectivity index (χ2v) is 8.71. The van der Waals surface area contributed by atoms with E-state index in [1.54, 1.807) is 11.6 Å². The van der Waals surface area contributed by atoms with E-state index in [0.29, 0.717) is 31.1 Å². The number of ether oxygens (including phenoxy) is 2. The van der Waals surface area contributed by atoms with Gasteiger partial charge in [0.25, 0.3) is 5.91 Å². The van der Waals surface area contributed by atoms with Gasteiger partial charge in [0.05, 0.1) is 18.5 Å². The molecule has 4 rings (SSSR count). The number of aromatic nitrogens is 3. The molecule has 2 aromatic rings. The van der Waals surface area contributed by atoms with Crippen molar-refractivity contribution in [2.75, 3.05) is 26.4 Å². The molecule has 0 aromatic carbocycles. The Balaban J connectivity index is 1.50. The lowest BCUT2D eigenvalue weighted by Crippen LogP contribution is -2.40. The summed E-state index contributed by atoms with van der Waals surface area (Å²) in [7, 11) is 0. The number of oxazole rings is 1. The third kappa shape index (κ3) is 4.51. The molecule has 4 heterocycles. The zero-order valence-corrected chi connectivity index (χ0v) is 18.4. The lowest BCUT2D eigenvalue weighted by atomic mass is 9.75. The van der Waals surface area contributed by atoms with E-state index in [-0.39, 0.29) is 29.6 Å². The Kier molecular flexibility index (Phi) is 6.13. The molecular formula is C22H30N4O5. The lowest BCUT2D eigenvalue weighted by Gasteiger charge is -2.36. The van der Waals surface area contributed by atoms with E-state index >= 15 is 0 Å². The number of fused-ring (bicyclic) bond motifs is 1. The summed E-state index contributed by atoms with van der Waals surface area (Å²) >= 11 is 0. The van der Waals surface area contributed by atoms with E-state index in [9.17, 15) is 9.59 Å². The number of carbonyl (C=O) groups is 2. The number of rotatable bonds is 6. The molecule has 0 aliphatic carbocycles. The third-order valence-corrected chi connectivity index (χ3v) is 6.24. The van der Waals surface area contributed by atoms with Crippen LogP contribution in [0.4, 0.5) is 0 Å². The molecule has 1 atom stereocenters. The number of hydrogen-bond donors (Lipinski definition) is 1. The average molecular weight is 431 g/mol. The summed E-state index contributed by atoms with van der Waals surface area (Å²) in [6.07, 6.45) is 4.65. The quantitative estimate of drug-likeness (QED) is 0.701. The van der Waals surface area contributed by atoms with E-state index in [0.717, 1.165) is 43.7 Å². The molecule has 1 N–H and O–H groups in total. The highest BCUT2D eigenvalue weighted by atomic mass is 16.5. The van der Waals surface area contributed by atoms with Crippen molar-refractivity contribution in [1.29, 1.82) is 0 Å². The summed E-state index contributed by atoms with van der Waals surface area (Å²) in [5.41, 5.74) is 2.62. The zero-order chi connectivity index (χ0) is 22.0. The Morgan fingerprint density at radius 1 is 1.39 bits per heavy atom. The lowest BCUT2D eigenvalue weighted by molar-refractivity contribution is 0.0160. The Labute approximate surface area is 181 Å². The Bertz CT molecular complexity index is 957. The molecule has 9 nitrogen and oxygen atoms in total. The smallest absolute Gasteiger partial charge is 0.375 e.